The Kier molecular flexibility index (Phi) is 2.35. The first-order chi connectivity index (χ1) is 9.81. The third-order valence-corrected chi connectivity index (χ3v) is 3.48. The molecule has 6 nitrogen and oxygen atoms in total. The molecule has 0 saturated carbocycles. The van der Waals surface area contributed by atoms with Crippen LogP contribution in [0.25, 0.3) is 22.4 Å². The summed E-state index contributed by atoms with van der Waals surface area (Å²) in [5.74, 6) is 1.19. The van der Waals surface area contributed by atoms with Gasteiger partial charge < -0.3 is 15.5 Å². The van der Waals surface area contributed by atoms with Crippen LogP contribution in [-0.4, -0.2) is 26.5 Å². The van der Waals surface area contributed by atoms with Gasteiger partial charge in [0.05, 0.1) is 12.9 Å². The molecule has 20 heavy (non-hydrogen) atoms. The maximum atomic E-state index is 5.76. The van der Waals surface area contributed by atoms with E-state index in [0.29, 0.717) is 5.65 Å². The van der Waals surface area contributed by atoms with Gasteiger partial charge in [0, 0.05) is 5.56 Å². The number of H-pyrrole nitrogens is 1. The van der Waals surface area contributed by atoms with E-state index in [4.69, 9.17) is 10.5 Å². The number of nitrogen functional groups attached to an aromatic ring is 1. The molecule has 1 aliphatic rings. The molecule has 0 amide bonds. The molecule has 0 atom stereocenters. The number of rotatable bonds is 1. The average Bonchev–Trinajstić information content (AvgIpc) is 2.94. The molecule has 3 heterocycles. The zero-order valence-electron chi connectivity index (χ0n) is 10.8. The number of fused-ring (bicyclic) bond motifs is 2. The molecule has 1 aliphatic heterocycles. The minimum Gasteiger partial charge on any atom is -0.493 e. The lowest BCUT2D eigenvalue weighted by molar-refractivity contribution is 0.288. The van der Waals surface area contributed by atoms with Crippen molar-refractivity contribution < 1.29 is 4.74 Å². The van der Waals surface area contributed by atoms with Crippen molar-refractivity contribution in [1.29, 1.82) is 0 Å². The number of hydrogen-bond donors (Lipinski definition) is 2. The topological polar surface area (TPSA) is 89.7 Å². The molecule has 0 unspecified atom stereocenters. The molecule has 3 aromatic rings. The number of nitrogens with one attached hydrogen (secondary N) is 1. The first kappa shape index (κ1) is 11.2. The SMILES string of the molecule is Nc1nc(-c2ccc3c(c2)CCCO3)c2[nH]cnc2n1. The Morgan fingerprint density at radius 3 is 3.15 bits per heavy atom. The molecule has 2 aromatic heterocycles. The molecule has 4 rings (SSSR count). The summed E-state index contributed by atoms with van der Waals surface area (Å²) in [7, 11) is 0. The first-order valence-electron chi connectivity index (χ1n) is 6.54. The molecule has 1 aromatic carbocycles. The van der Waals surface area contributed by atoms with Crippen molar-refractivity contribution in [2.75, 3.05) is 12.3 Å². The van der Waals surface area contributed by atoms with E-state index in [2.05, 4.69) is 26.0 Å². The number of hydrogen-bond acceptors (Lipinski definition) is 5. The molecule has 0 saturated heterocycles. The fourth-order valence-corrected chi connectivity index (χ4v) is 2.57. The molecule has 3 N–H and O–H groups in total. The van der Waals surface area contributed by atoms with Crippen molar-refractivity contribution in [3.8, 4) is 17.0 Å². The van der Waals surface area contributed by atoms with Crippen molar-refractivity contribution >= 4 is 17.1 Å². The number of aromatic nitrogens is 4. The Morgan fingerprint density at radius 1 is 1.25 bits per heavy atom. The van der Waals surface area contributed by atoms with Crippen LogP contribution in [0.1, 0.15) is 12.0 Å². The van der Waals surface area contributed by atoms with Crippen molar-refractivity contribution in [2.45, 2.75) is 12.8 Å². The van der Waals surface area contributed by atoms with Crippen LogP contribution in [0.5, 0.6) is 5.75 Å². The second-order valence-corrected chi connectivity index (χ2v) is 4.81. The number of aryl methyl sites for hydroxylation is 1. The Balaban J connectivity index is 1.92. The first-order valence-corrected chi connectivity index (χ1v) is 6.54. The highest BCUT2D eigenvalue weighted by Crippen LogP contribution is 2.31. The Morgan fingerprint density at radius 2 is 2.20 bits per heavy atom. The van der Waals surface area contributed by atoms with E-state index in [1.54, 1.807) is 6.33 Å². The summed E-state index contributed by atoms with van der Waals surface area (Å²) < 4.78 is 5.63. The van der Waals surface area contributed by atoms with Gasteiger partial charge in [0.25, 0.3) is 0 Å². The third kappa shape index (κ3) is 1.69. The van der Waals surface area contributed by atoms with Crippen LogP contribution in [0.4, 0.5) is 5.95 Å². The summed E-state index contributed by atoms with van der Waals surface area (Å²) in [6.45, 7) is 0.789. The van der Waals surface area contributed by atoms with Gasteiger partial charge in [-0.2, -0.15) is 4.98 Å². The van der Waals surface area contributed by atoms with Gasteiger partial charge in [0.2, 0.25) is 5.95 Å². The van der Waals surface area contributed by atoms with E-state index in [0.717, 1.165) is 42.0 Å². The molecular weight excluding hydrogens is 254 g/mol. The van der Waals surface area contributed by atoms with E-state index >= 15 is 0 Å². The number of benzene rings is 1. The third-order valence-electron chi connectivity index (χ3n) is 3.48. The normalized spacial score (nSPS) is 14.0. The highest BCUT2D eigenvalue weighted by Gasteiger charge is 2.15. The van der Waals surface area contributed by atoms with Crippen molar-refractivity contribution in [2.24, 2.45) is 0 Å². The van der Waals surface area contributed by atoms with E-state index in [9.17, 15) is 0 Å². The van der Waals surface area contributed by atoms with Gasteiger partial charge in [0.15, 0.2) is 5.65 Å². The van der Waals surface area contributed by atoms with Gasteiger partial charge in [0.1, 0.15) is 17.0 Å². The van der Waals surface area contributed by atoms with Crippen LogP contribution in [0.15, 0.2) is 24.5 Å². The smallest absolute Gasteiger partial charge is 0.222 e. The molecule has 100 valence electrons. The number of anilines is 1. The molecular formula is C14H13N5O. The molecule has 0 radical (unpaired) electrons. The lowest BCUT2D eigenvalue weighted by atomic mass is 10.0. The van der Waals surface area contributed by atoms with Gasteiger partial charge in [-0.25, -0.2) is 9.97 Å². The largest absolute Gasteiger partial charge is 0.493 e. The summed E-state index contributed by atoms with van der Waals surface area (Å²) in [6.07, 6.45) is 3.67. The van der Waals surface area contributed by atoms with Crippen LogP contribution in [0.2, 0.25) is 0 Å². The van der Waals surface area contributed by atoms with E-state index in [1.807, 2.05) is 12.1 Å². The van der Waals surface area contributed by atoms with Crippen LogP contribution < -0.4 is 10.5 Å². The highest BCUT2D eigenvalue weighted by atomic mass is 16.5. The van der Waals surface area contributed by atoms with Gasteiger partial charge in [-0.1, -0.05) is 0 Å². The molecule has 6 heteroatoms. The molecule has 0 spiro atoms. The predicted molar refractivity (Wildman–Crippen MR) is 75.3 cm³/mol. The van der Waals surface area contributed by atoms with Crippen LogP contribution in [0, 0.1) is 0 Å². The number of nitrogens with two attached hydrogens (primary N) is 1. The van der Waals surface area contributed by atoms with E-state index in [-0.39, 0.29) is 5.95 Å². The van der Waals surface area contributed by atoms with Crippen molar-refractivity contribution in [3.05, 3.63) is 30.1 Å². The van der Waals surface area contributed by atoms with E-state index in [1.165, 1.54) is 5.56 Å². The lowest BCUT2D eigenvalue weighted by Gasteiger charge is -2.17. The summed E-state index contributed by atoms with van der Waals surface area (Å²) in [6, 6.07) is 6.09. The lowest BCUT2D eigenvalue weighted by Crippen LogP contribution is -2.08. The fraction of sp³-hybridized carbons (Fsp3) is 0.214. The Hall–Kier alpha value is -2.63. The van der Waals surface area contributed by atoms with Crippen LogP contribution in [-0.2, 0) is 6.42 Å². The van der Waals surface area contributed by atoms with E-state index < -0.39 is 0 Å². The van der Waals surface area contributed by atoms with Gasteiger partial charge in [-0.3, -0.25) is 0 Å². The summed E-state index contributed by atoms with van der Waals surface area (Å²) in [4.78, 5) is 15.7. The minimum atomic E-state index is 0.230. The maximum absolute atomic E-state index is 5.76. The van der Waals surface area contributed by atoms with Crippen LogP contribution >= 0.6 is 0 Å². The minimum absolute atomic E-state index is 0.230. The average molecular weight is 267 g/mol. The quantitative estimate of drug-likeness (QED) is 0.703. The van der Waals surface area contributed by atoms with Gasteiger partial charge >= 0.3 is 0 Å². The highest BCUT2D eigenvalue weighted by molar-refractivity contribution is 5.88. The number of ether oxygens (including phenoxy) is 1. The standard InChI is InChI=1S/C14H13N5O/c15-14-18-11(12-13(19-14)17-7-16-12)9-3-4-10-8(6-9)2-1-5-20-10/h3-4,6-7H,1-2,5H2,(H3,15,16,17,18,19). The monoisotopic (exact) mass is 267 g/mol. The number of nitrogens with zero attached hydrogens (tertiary/aromatic N) is 3. The number of imidazole rings is 1. The molecule has 0 fully saturated rings. The van der Waals surface area contributed by atoms with Gasteiger partial charge in [-0.15, -0.1) is 0 Å². The zero-order chi connectivity index (χ0) is 13.5. The Labute approximate surface area is 115 Å². The second kappa shape index (κ2) is 4.19. The maximum Gasteiger partial charge on any atom is 0.222 e. The number of aromatic amines is 1. The van der Waals surface area contributed by atoms with Crippen LogP contribution in [0.3, 0.4) is 0 Å². The second-order valence-electron chi connectivity index (χ2n) is 4.81. The fourth-order valence-electron chi connectivity index (χ4n) is 2.57. The van der Waals surface area contributed by atoms with Gasteiger partial charge in [-0.05, 0) is 36.6 Å². The predicted octanol–water partition coefficient (Wildman–Crippen LogP) is 1.93. The Bertz CT molecular complexity index is 795. The summed E-state index contributed by atoms with van der Waals surface area (Å²) in [5.41, 5.74) is 10.1. The van der Waals surface area contributed by atoms with Crippen molar-refractivity contribution in [3.63, 3.8) is 0 Å². The molecule has 0 aliphatic carbocycles. The zero-order valence-corrected chi connectivity index (χ0v) is 10.8. The summed E-state index contributed by atoms with van der Waals surface area (Å²) >= 11 is 0. The molecule has 0 bridgehead atoms. The summed E-state index contributed by atoms with van der Waals surface area (Å²) in [5, 5.41) is 0. The van der Waals surface area contributed by atoms with Crippen molar-refractivity contribution in [1.82, 2.24) is 19.9 Å².